The van der Waals surface area contributed by atoms with Crippen LogP contribution in [0.4, 0.5) is 30.7 Å². The molecule has 2 nitrogen and oxygen atoms in total. The first-order valence-corrected chi connectivity index (χ1v) is 3.42. The van der Waals surface area contributed by atoms with E-state index in [1.54, 1.807) is 0 Å². The number of hydrogen-bond donors (Lipinski definition) is 0. The minimum absolute atomic E-state index is 1.16. The van der Waals surface area contributed by atoms with E-state index in [1.165, 1.54) is 0 Å². The lowest BCUT2D eigenvalue weighted by Crippen LogP contribution is -2.51. The average Bonchev–Trinajstić information content (AvgIpc) is 1.79. The third-order valence-corrected chi connectivity index (χ3v) is 1.04. The van der Waals surface area contributed by atoms with Crippen molar-refractivity contribution in [2.75, 3.05) is 0 Å². The number of ether oxygens (including phenoxy) is 1. The van der Waals surface area contributed by atoms with Crippen LogP contribution in [-0.2, 0) is 9.53 Å². The SMILES string of the molecule is O=C(F)C(F)(OC(F)(F)Br)C(F)(F)F. The van der Waals surface area contributed by atoms with Gasteiger partial charge in [-0.15, -0.1) is 0 Å². The molecule has 0 aliphatic rings. The summed E-state index contributed by atoms with van der Waals surface area (Å²) < 4.78 is 84.4. The molecule has 14 heavy (non-hydrogen) atoms. The molecule has 0 aliphatic heterocycles. The van der Waals surface area contributed by atoms with E-state index in [0.29, 0.717) is 0 Å². The molecule has 0 rings (SSSR count). The summed E-state index contributed by atoms with van der Waals surface area (Å²) >= 11 is 1.16. The van der Waals surface area contributed by atoms with Gasteiger partial charge in [-0.25, -0.2) is 0 Å². The highest BCUT2D eigenvalue weighted by Gasteiger charge is 2.68. The van der Waals surface area contributed by atoms with Gasteiger partial charge < -0.3 is 0 Å². The second kappa shape index (κ2) is 3.65. The van der Waals surface area contributed by atoms with Crippen LogP contribution in [0.1, 0.15) is 0 Å². The van der Waals surface area contributed by atoms with Crippen LogP contribution in [0.5, 0.6) is 0 Å². The largest absolute Gasteiger partial charge is 0.459 e. The fraction of sp³-hybridized carbons (Fsp3) is 0.750. The molecule has 0 aromatic carbocycles. The first-order chi connectivity index (χ1) is 5.90. The van der Waals surface area contributed by atoms with Crippen molar-refractivity contribution in [2.24, 2.45) is 0 Å². The number of rotatable bonds is 3. The van der Waals surface area contributed by atoms with Crippen LogP contribution in [0.3, 0.4) is 0 Å². The molecule has 0 amide bonds. The van der Waals surface area contributed by atoms with Crippen LogP contribution in [-0.4, -0.2) is 23.1 Å². The average molecular weight is 293 g/mol. The summed E-state index contributed by atoms with van der Waals surface area (Å²) in [6.07, 6.45) is -6.24. The van der Waals surface area contributed by atoms with Crippen molar-refractivity contribution in [3.8, 4) is 0 Å². The monoisotopic (exact) mass is 292 g/mol. The number of carbonyl (C=O) groups is 1. The smallest absolute Gasteiger partial charge is 0.257 e. The lowest BCUT2D eigenvalue weighted by Gasteiger charge is -2.24. The first kappa shape index (κ1) is 13.6. The van der Waals surface area contributed by atoms with Crippen LogP contribution in [0, 0.1) is 0 Å². The van der Waals surface area contributed by atoms with Gasteiger partial charge in [-0.3, -0.25) is 9.53 Å². The van der Waals surface area contributed by atoms with E-state index in [0.717, 1.165) is 15.9 Å². The topological polar surface area (TPSA) is 26.3 Å². The molecule has 0 fully saturated rings. The van der Waals surface area contributed by atoms with Gasteiger partial charge >= 0.3 is 23.1 Å². The molecule has 10 heteroatoms. The van der Waals surface area contributed by atoms with Crippen LogP contribution < -0.4 is 0 Å². The molecule has 1 atom stereocenters. The number of halogens is 8. The molecular weight excluding hydrogens is 293 g/mol. The predicted molar refractivity (Wildman–Crippen MR) is 31.0 cm³/mol. The van der Waals surface area contributed by atoms with Gasteiger partial charge in [-0.2, -0.15) is 30.7 Å². The Hall–Kier alpha value is -0.380. The normalized spacial score (nSPS) is 17.7. The van der Waals surface area contributed by atoms with Crippen molar-refractivity contribution in [3.63, 3.8) is 0 Å². The maximum Gasteiger partial charge on any atom is 0.459 e. The fourth-order valence-electron chi connectivity index (χ4n) is 0.369. The molecule has 0 aromatic heterocycles. The third kappa shape index (κ3) is 3.08. The van der Waals surface area contributed by atoms with Gasteiger partial charge in [-0.05, 0) is 0 Å². The summed E-state index contributed by atoms with van der Waals surface area (Å²) in [5, 5.41) is -4.82. The zero-order valence-electron chi connectivity index (χ0n) is 5.84. The van der Waals surface area contributed by atoms with E-state index in [9.17, 15) is 35.5 Å². The van der Waals surface area contributed by atoms with E-state index in [4.69, 9.17) is 0 Å². The summed E-state index contributed by atoms with van der Waals surface area (Å²) in [6, 6.07) is -3.72. The van der Waals surface area contributed by atoms with Crippen molar-refractivity contribution >= 4 is 22.0 Å². The minimum Gasteiger partial charge on any atom is -0.257 e. The minimum atomic E-state index is -6.24. The molecule has 0 bridgehead atoms. The summed E-state index contributed by atoms with van der Waals surface area (Å²) in [4.78, 5) is 9.55. The van der Waals surface area contributed by atoms with Crippen molar-refractivity contribution in [2.45, 2.75) is 17.0 Å². The van der Waals surface area contributed by atoms with Gasteiger partial charge in [0.1, 0.15) is 0 Å². The van der Waals surface area contributed by atoms with Gasteiger partial charge in [0.25, 0.3) is 0 Å². The Morgan fingerprint density at radius 2 is 1.43 bits per heavy atom. The van der Waals surface area contributed by atoms with Crippen molar-refractivity contribution < 1.29 is 40.3 Å². The number of carbonyl (C=O) groups excluding carboxylic acids is 1. The van der Waals surface area contributed by atoms with E-state index < -0.39 is 23.1 Å². The van der Waals surface area contributed by atoms with Gasteiger partial charge in [0.05, 0.1) is 0 Å². The number of hydrogen-bond acceptors (Lipinski definition) is 2. The molecule has 0 radical (unpaired) electrons. The zero-order valence-corrected chi connectivity index (χ0v) is 7.43. The Morgan fingerprint density at radius 1 is 1.07 bits per heavy atom. The second-order valence-electron chi connectivity index (χ2n) is 1.91. The lowest BCUT2D eigenvalue weighted by molar-refractivity contribution is -0.367. The van der Waals surface area contributed by atoms with Crippen LogP contribution in [0.15, 0.2) is 0 Å². The summed E-state index contributed by atoms with van der Waals surface area (Å²) in [5.41, 5.74) is 0. The standard InChI is InChI=1S/C4BrF7O2/c5-4(11,12)14-2(7,1(6)13)3(8,9)10. The molecule has 0 heterocycles. The highest BCUT2D eigenvalue weighted by molar-refractivity contribution is 9.09. The number of alkyl halides is 7. The van der Waals surface area contributed by atoms with Crippen LogP contribution in [0.2, 0.25) is 0 Å². The van der Waals surface area contributed by atoms with Crippen molar-refractivity contribution in [3.05, 3.63) is 0 Å². The Labute approximate surface area is 80.1 Å². The van der Waals surface area contributed by atoms with Crippen LogP contribution in [0.25, 0.3) is 0 Å². The van der Waals surface area contributed by atoms with Crippen molar-refractivity contribution in [1.82, 2.24) is 0 Å². The molecular formula is C4BrF7O2. The molecule has 0 spiro atoms. The van der Waals surface area contributed by atoms with Gasteiger partial charge in [0.2, 0.25) is 0 Å². The molecule has 0 saturated carbocycles. The second-order valence-corrected chi connectivity index (χ2v) is 2.84. The molecule has 0 N–H and O–H groups in total. The first-order valence-electron chi connectivity index (χ1n) is 2.62. The maximum absolute atomic E-state index is 12.3. The predicted octanol–water partition coefficient (Wildman–Crippen LogP) is 2.67. The van der Waals surface area contributed by atoms with E-state index >= 15 is 0 Å². The molecule has 84 valence electrons. The Balaban J connectivity index is 5.04. The van der Waals surface area contributed by atoms with Gasteiger partial charge in [-0.1, -0.05) is 0 Å². The van der Waals surface area contributed by atoms with E-state index in [2.05, 4.69) is 4.74 Å². The maximum atomic E-state index is 12.3. The van der Waals surface area contributed by atoms with Gasteiger partial charge in [0, 0.05) is 15.9 Å². The highest BCUT2D eigenvalue weighted by atomic mass is 79.9. The summed E-state index contributed by atoms with van der Waals surface area (Å²) in [6.45, 7) is 0. The molecule has 0 saturated heterocycles. The summed E-state index contributed by atoms with van der Waals surface area (Å²) in [7, 11) is 0. The Bertz CT molecular complexity index is 233. The molecule has 0 aromatic rings. The third-order valence-electron chi connectivity index (χ3n) is 0.874. The highest BCUT2D eigenvalue weighted by Crippen LogP contribution is 2.41. The van der Waals surface area contributed by atoms with E-state index in [-0.39, 0.29) is 0 Å². The fourth-order valence-corrected chi connectivity index (χ4v) is 0.592. The molecule has 1 unspecified atom stereocenters. The Kier molecular flexibility index (Phi) is 3.55. The zero-order chi connectivity index (χ0) is 11.8. The van der Waals surface area contributed by atoms with E-state index in [1.807, 2.05) is 0 Å². The van der Waals surface area contributed by atoms with Crippen molar-refractivity contribution in [1.29, 1.82) is 0 Å². The van der Waals surface area contributed by atoms with Crippen LogP contribution >= 0.6 is 15.9 Å². The quantitative estimate of drug-likeness (QED) is 0.454. The lowest BCUT2D eigenvalue weighted by atomic mass is 10.3. The Morgan fingerprint density at radius 3 is 1.50 bits per heavy atom. The summed E-state index contributed by atoms with van der Waals surface area (Å²) in [5.74, 6) is -5.68. The van der Waals surface area contributed by atoms with Gasteiger partial charge in [0.15, 0.2) is 0 Å². The molecule has 0 aliphatic carbocycles.